The Bertz CT molecular complexity index is 1250. The molecule has 32 heavy (non-hydrogen) atoms. The molecule has 1 aromatic heterocycles. The number of benzene rings is 2. The van der Waals surface area contributed by atoms with Crippen LogP contribution in [0.25, 0.3) is 11.1 Å². The third-order valence-corrected chi connectivity index (χ3v) is 6.34. The maximum Gasteiger partial charge on any atom is 0.332 e. The second kappa shape index (κ2) is 8.10. The van der Waals surface area contributed by atoms with E-state index in [0.29, 0.717) is 16.8 Å². The molecule has 0 saturated carbocycles. The molecular formula is C25H21ClN4O2. The van der Waals surface area contributed by atoms with Gasteiger partial charge in [0.05, 0.1) is 16.3 Å². The third kappa shape index (κ3) is 3.51. The number of carbonyl (C=O) groups is 2. The number of nitrogens with zero attached hydrogens (tertiary/aromatic N) is 4. The van der Waals surface area contributed by atoms with Gasteiger partial charge in [0, 0.05) is 18.9 Å². The number of urea groups is 1. The average molecular weight is 445 g/mol. The predicted molar refractivity (Wildman–Crippen MR) is 123 cm³/mol. The van der Waals surface area contributed by atoms with Crippen LogP contribution in [0.5, 0.6) is 0 Å². The van der Waals surface area contributed by atoms with E-state index in [4.69, 9.17) is 11.6 Å². The van der Waals surface area contributed by atoms with E-state index in [2.05, 4.69) is 4.98 Å². The largest absolute Gasteiger partial charge is 0.332 e. The Kier molecular flexibility index (Phi) is 5.45. The van der Waals surface area contributed by atoms with Gasteiger partial charge in [-0.25, -0.2) is 9.69 Å². The lowest BCUT2D eigenvalue weighted by Gasteiger charge is -2.27. The fourth-order valence-electron chi connectivity index (χ4n) is 3.85. The van der Waals surface area contributed by atoms with Crippen molar-refractivity contribution >= 4 is 29.2 Å². The Balaban J connectivity index is 1.63. The number of amides is 3. The van der Waals surface area contributed by atoms with E-state index in [0.717, 1.165) is 21.6 Å². The number of carbonyl (C=O) groups excluding carboxylic acids is 2. The smallest absolute Gasteiger partial charge is 0.305 e. The van der Waals surface area contributed by atoms with E-state index in [1.807, 2.05) is 42.5 Å². The first-order valence-electron chi connectivity index (χ1n) is 10.1. The van der Waals surface area contributed by atoms with Crippen LogP contribution in [0.3, 0.4) is 0 Å². The lowest BCUT2D eigenvalue weighted by molar-refractivity contribution is -0.123. The molecule has 4 rings (SSSR count). The summed E-state index contributed by atoms with van der Waals surface area (Å²) in [7, 11) is 0. The van der Waals surface area contributed by atoms with E-state index >= 15 is 0 Å². The Morgan fingerprint density at radius 2 is 1.62 bits per heavy atom. The number of aromatic nitrogens is 1. The first-order chi connectivity index (χ1) is 15.3. The molecule has 0 N–H and O–H groups in total. The highest BCUT2D eigenvalue weighted by Gasteiger charge is 2.52. The first-order valence-corrected chi connectivity index (χ1v) is 10.5. The minimum atomic E-state index is -1.03. The minimum Gasteiger partial charge on any atom is -0.305 e. The molecule has 6 nitrogen and oxygen atoms in total. The molecule has 1 aliphatic rings. The van der Waals surface area contributed by atoms with Crippen molar-refractivity contribution in [2.45, 2.75) is 32.9 Å². The van der Waals surface area contributed by atoms with Gasteiger partial charge in [-0.3, -0.25) is 9.78 Å². The van der Waals surface area contributed by atoms with Gasteiger partial charge in [0.25, 0.3) is 5.91 Å². The van der Waals surface area contributed by atoms with Crippen molar-refractivity contribution in [3.05, 3.63) is 82.6 Å². The van der Waals surface area contributed by atoms with Crippen molar-refractivity contribution in [1.29, 1.82) is 5.26 Å². The quantitative estimate of drug-likeness (QED) is 0.509. The molecule has 1 aliphatic heterocycles. The summed E-state index contributed by atoms with van der Waals surface area (Å²) in [6, 6.07) is 16.5. The van der Waals surface area contributed by atoms with Crippen LogP contribution < -0.4 is 4.90 Å². The number of anilines is 1. The number of hydrogen-bond donors (Lipinski definition) is 0. The molecule has 3 aromatic rings. The van der Waals surface area contributed by atoms with Crippen molar-refractivity contribution < 1.29 is 9.59 Å². The van der Waals surface area contributed by atoms with Gasteiger partial charge in [-0.2, -0.15) is 5.26 Å². The van der Waals surface area contributed by atoms with Crippen LogP contribution in [0, 0.1) is 18.3 Å². The highest BCUT2D eigenvalue weighted by Crippen LogP contribution is 2.37. The molecule has 0 bridgehead atoms. The molecule has 3 amide bonds. The summed E-state index contributed by atoms with van der Waals surface area (Å²) in [5, 5.41) is 9.44. The van der Waals surface area contributed by atoms with Crippen LogP contribution in [0.2, 0.25) is 5.02 Å². The first kappa shape index (κ1) is 21.5. The topological polar surface area (TPSA) is 77.3 Å². The predicted octanol–water partition coefficient (Wildman–Crippen LogP) is 5.33. The van der Waals surface area contributed by atoms with Crippen LogP contribution in [0.15, 0.2) is 60.9 Å². The van der Waals surface area contributed by atoms with E-state index < -0.39 is 11.6 Å². The van der Waals surface area contributed by atoms with Crippen LogP contribution in [-0.2, 0) is 11.3 Å². The number of imide groups is 1. The van der Waals surface area contributed by atoms with E-state index in [-0.39, 0.29) is 17.5 Å². The summed E-state index contributed by atoms with van der Waals surface area (Å²) in [6.07, 6.45) is 3.48. The molecule has 0 atom stereocenters. The molecule has 1 saturated heterocycles. The molecule has 0 spiro atoms. The average Bonchev–Trinajstić information content (AvgIpc) is 2.96. The number of pyridine rings is 1. The maximum absolute atomic E-state index is 13.4. The molecule has 1 fully saturated rings. The number of hydrogen-bond acceptors (Lipinski definition) is 4. The summed E-state index contributed by atoms with van der Waals surface area (Å²) in [5.74, 6) is -0.334. The monoisotopic (exact) mass is 444 g/mol. The summed E-state index contributed by atoms with van der Waals surface area (Å²) < 4.78 is 0. The van der Waals surface area contributed by atoms with Crippen LogP contribution in [-0.4, -0.2) is 27.4 Å². The molecule has 0 aliphatic carbocycles. The van der Waals surface area contributed by atoms with Gasteiger partial charge in [-0.15, -0.1) is 0 Å². The van der Waals surface area contributed by atoms with Gasteiger partial charge < -0.3 is 4.90 Å². The van der Waals surface area contributed by atoms with Gasteiger partial charge in [0.2, 0.25) is 0 Å². The Morgan fingerprint density at radius 3 is 2.25 bits per heavy atom. The zero-order valence-electron chi connectivity index (χ0n) is 18.0. The zero-order valence-corrected chi connectivity index (χ0v) is 18.7. The second-order valence-electron chi connectivity index (χ2n) is 8.18. The fraction of sp³-hybridized carbons (Fsp3) is 0.200. The SMILES string of the molecule is Cc1c(N2C(=O)N(Cc3ccc(-c4ccncc4)cc3)C(C)(C)C2=O)ccc(C#N)c1Cl. The summed E-state index contributed by atoms with van der Waals surface area (Å²) >= 11 is 6.29. The number of rotatable bonds is 4. The second-order valence-corrected chi connectivity index (χ2v) is 8.56. The van der Waals surface area contributed by atoms with Crippen molar-refractivity contribution in [3.8, 4) is 17.2 Å². The lowest BCUT2D eigenvalue weighted by Crippen LogP contribution is -2.43. The lowest BCUT2D eigenvalue weighted by atomic mass is 10.0. The van der Waals surface area contributed by atoms with Crippen LogP contribution in [0.1, 0.15) is 30.5 Å². The number of halogens is 1. The van der Waals surface area contributed by atoms with Crippen molar-refractivity contribution in [2.24, 2.45) is 0 Å². The van der Waals surface area contributed by atoms with Gasteiger partial charge in [0.15, 0.2) is 0 Å². The standard InChI is InChI=1S/C25H21ClN4O2/c1-16-21(9-8-20(14-27)22(16)26)30-23(31)25(2,3)29(24(30)32)15-17-4-6-18(7-5-17)19-10-12-28-13-11-19/h4-13H,15H2,1-3H3. The third-order valence-electron chi connectivity index (χ3n) is 5.85. The molecule has 0 radical (unpaired) electrons. The fourth-order valence-corrected chi connectivity index (χ4v) is 4.05. The highest BCUT2D eigenvalue weighted by molar-refractivity contribution is 6.33. The normalized spacial score (nSPS) is 15.2. The molecule has 7 heteroatoms. The Morgan fingerprint density at radius 1 is 1.00 bits per heavy atom. The van der Waals surface area contributed by atoms with Gasteiger partial charge in [0.1, 0.15) is 11.6 Å². The molecule has 160 valence electrons. The van der Waals surface area contributed by atoms with Crippen LogP contribution >= 0.6 is 11.6 Å². The zero-order chi connectivity index (χ0) is 23.0. The summed E-state index contributed by atoms with van der Waals surface area (Å²) in [5.41, 5.74) is 3.20. The molecular weight excluding hydrogens is 424 g/mol. The van der Waals surface area contributed by atoms with Gasteiger partial charge >= 0.3 is 6.03 Å². The Hall–Kier alpha value is -3.69. The minimum absolute atomic E-state index is 0.244. The molecule has 0 unspecified atom stereocenters. The molecule has 2 aromatic carbocycles. The van der Waals surface area contributed by atoms with E-state index in [9.17, 15) is 14.9 Å². The maximum atomic E-state index is 13.4. The van der Waals surface area contributed by atoms with Crippen LogP contribution in [0.4, 0.5) is 10.5 Å². The van der Waals surface area contributed by atoms with E-state index in [1.165, 1.54) is 6.07 Å². The summed E-state index contributed by atoms with van der Waals surface area (Å²) in [6.45, 7) is 5.46. The van der Waals surface area contributed by atoms with Crippen molar-refractivity contribution in [3.63, 3.8) is 0 Å². The van der Waals surface area contributed by atoms with Gasteiger partial charge in [-0.1, -0.05) is 35.9 Å². The Labute approximate surface area is 191 Å². The number of nitriles is 1. The molecule has 2 heterocycles. The van der Waals surface area contributed by atoms with Gasteiger partial charge in [-0.05, 0) is 67.3 Å². The van der Waals surface area contributed by atoms with Crippen molar-refractivity contribution in [2.75, 3.05) is 4.90 Å². The summed E-state index contributed by atoms with van der Waals surface area (Å²) in [4.78, 5) is 33.4. The van der Waals surface area contributed by atoms with E-state index in [1.54, 1.807) is 44.1 Å². The van der Waals surface area contributed by atoms with Crippen molar-refractivity contribution in [1.82, 2.24) is 9.88 Å². The highest BCUT2D eigenvalue weighted by atomic mass is 35.5.